The van der Waals surface area contributed by atoms with Crippen molar-refractivity contribution in [3.05, 3.63) is 38.3 Å². The van der Waals surface area contributed by atoms with Crippen LogP contribution in [0, 0.1) is 21.4 Å². The lowest BCUT2D eigenvalue weighted by atomic mass is 10.2. The quantitative estimate of drug-likeness (QED) is 0.225. The Hall–Kier alpha value is -3.31. The molecule has 0 aliphatic rings. The lowest BCUT2D eigenvalue weighted by Gasteiger charge is -2.11. The second-order valence-electron chi connectivity index (χ2n) is 5.48. The molecule has 2 aromatic rings. The summed E-state index contributed by atoms with van der Waals surface area (Å²) < 4.78 is 39.3. The fraction of sp³-hybridized carbons (Fsp3) is 0.250. The molecule has 0 N–H and O–H groups in total. The lowest BCUT2D eigenvalue weighted by molar-refractivity contribution is -0.387. The summed E-state index contributed by atoms with van der Waals surface area (Å²) in [5, 5.41) is 19.8. The second kappa shape index (κ2) is 9.46. The van der Waals surface area contributed by atoms with Crippen LogP contribution in [0.25, 0.3) is 0 Å². The van der Waals surface area contributed by atoms with E-state index in [1.54, 1.807) is 6.92 Å². The highest BCUT2D eigenvalue weighted by atomic mass is 79.9. The molecule has 0 saturated heterocycles. The van der Waals surface area contributed by atoms with Crippen LogP contribution in [0.1, 0.15) is 12.5 Å². The van der Waals surface area contributed by atoms with Gasteiger partial charge in [-0.05, 0) is 25.1 Å². The summed E-state index contributed by atoms with van der Waals surface area (Å²) in [6.07, 6.45) is 0.778. The number of esters is 1. The van der Waals surface area contributed by atoms with Crippen molar-refractivity contribution in [2.75, 3.05) is 19.5 Å². The first-order chi connectivity index (χ1) is 14.0. The van der Waals surface area contributed by atoms with Gasteiger partial charge in [0.05, 0.1) is 23.2 Å². The van der Waals surface area contributed by atoms with E-state index in [2.05, 4.69) is 30.6 Å². The Bertz CT molecular complexity index is 1150. The largest absolute Gasteiger partial charge is 0.463 e. The molecule has 30 heavy (non-hydrogen) atoms. The van der Waals surface area contributed by atoms with Crippen molar-refractivity contribution in [3.8, 4) is 23.6 Å². The molecule has 0 radical (unpaired) electrons. The number of nitro groups is 1. The maximum absolute atomic E-state index is 11.9. The minimum atomic E-state index is -4.03. The minimum Gasteiger partial charge on any atom is -0.463 e. The first-order valence-corrected chi connectivity index (χ1v) is 10.7. The molecule has 0 fully saturated rings. The molecule has 12 nitrogen and oxygen atoms in total. The molecule has 0 spiro atoms. The number of nitrogens with zero attached hydrogens (tertiary/aromatic N) is 4. The van der Waals surface area contributed by atoms with Crippen molar-refractivity contribution >= 4 is 37.4 Å². The topological polar surface area (TPSA) is 172 Å². The highest BCUT2D eigenvalue weighted by Gasteiger charge is 2.31. The molecule has 0 aliphatic heterocycles. The molecular formula is C16H13BrN4O8S. The van der Waals surface area contributed by atoms with E-state index in [1.807, 2.05) is 6.07 Å². The Kier molecular flexibility index (Phi) is 7.24. The van der Waals surface area contributed by atoms with Gasteiger partial charge >= 0.3 is 23.4 Å². The molecule has 0 atom stereocenters. The standard InChI is InChI=1S/C16H13BrN4O8S/c1-3-27-12(22)8-28-14-13(21(23)24)15(20-16(19-14)30(2,25)26)29-11-5-9(7-18)4-10(17)6-11/h4-6H,3,8H2,1-2H3. The zero-order valence-electron chi connectivity index (χ0n) is 15.5. The van der Waals surface area contributed by atoms with Crippen LogP contribution >= 0.6 is 15.9 Å². The predicted molar refractivity (Wildman–Crippen MR) is 103 cm³/mol. The van der Waals surface area contributed by atoms with E-state index in [0.717, 1.165) is 6.26 Å². The Morgan fingerprint density at radius 1 is 1.30 bits per heavy atom. The molecule has 0 amide bonds. The van der Waals surface area contributed by atoms with Crippen LogP contribution < -0.4 is 9.47 Å². The van der Waals surface area contributed by atoms with Gasteiger partial charge in [0.25, 0.3) is 5.16 Å². The molecule has 0 bridgehead atoms. The van der Waals surface area contributed by atoms with E-state index in [-0.39, 0.29) is 17.9 Å². The number of aromatic nitrogens is 2. The predicted octanol–water partition coefficient (Wildman–Crippen LogP) is 2.16. The van der Waals surface area contributed by atoms with Gasteiger partial charge in [-0.1, -0.05) is 15.9 Å². The van der Waals surface area contributed by atoms with E-state index in [0.29, 0.717) is 4.47 Å². The Labute approximate surface area is 178 Å². The Balaban J connectivity index is 2.60. The number of rotatable bonds is 8. The van der Waals surface area contributed by atoms with Crippen LogP contribution in [0.3, 0.4) is 0 Å². The van der Waals surface area contributed by atoms with Crippen LogP contribution in [0.5, 0.6) is 17.5 Å². The third-order valence-corrected chi connectivity index (χ3v) is 4.46. The van der Waals surface area contributed by atoms with Gasteiger partial charge in [-0.2, -0.15) is 15.2 Å². The highest BCUT2D eigenvalue weighted by molar-refractivity contribution is 9.10. The van der Waals surface area contributed by atoms with Gasteiger partial charge < -0.3 is 14.2 Å². The molecular weight excluding hydrogens is 488 g/mol. The van der Waals surface area contributed by atoms with Crippen LogP contribution in [-0.2, 0) is 19.4 Å². The molecule has 14 heteroatoms. The van der Waals surface area contributed by atoms with Gasteiger partial charge in [0, 0.05) is 10.7 Å². The monoisotopic (exact) mass is 500 g/mol. The normalized spacial score (nSPS) is 10.7. The molecule has 1 heterocycles. The van der Waals surface area contributed by atoms with Crippen molar-refractivity contribution in [2.24, 2.45) is 0 Å². The Morgan fingerprint density at radius 2 is 1.97 bits per heavy atom. The maximum atomic E-state index is 11.9. The average Bonchev–Trinajstić information content (AvgIpc) is 2.64. The summed E-state index contributed by atoms with van der Waals surface area (Å²) in [6, 6.07) is 5.98. The van der Waals surface area contributed by atoms with Crippen molar-refractivity contribution in [1.82, 2.24) is 9.97 Å². The van der Waals surface area contributed by atoms with Crippen molar-refractivity contribution in [2.45, 2.75) is 12.1 Å². The molecule has 2 rings (SSSR count). The second-order valence-corrected chi connectivity index (χ2v) is 8.30. The molecule has 0 aliphatic carbocycles. The maximum Gasteiger partial charge on any atom is 0.392 e. The highest BCUT2D eigenvalue weighted by Crippen LogP contribution is 2.38. The van der Waals surface area contributed by atoms with Crippen molar-refractivity contribution in [3.63, 3.8) is 0 Å². The van der Waals surface area contributed by atoms with E-state index in [9.17, 15) is 23.3 Å². The van der Waals surface area contributed by atoms with E-state index in [1.165, 1.54) is 18.2 Å². The summed E-state index contributed by atoms with van der Waals surface area (Å²) in [6.45, 7) is 0.831. The number of halogens is 1. The fourth-order valence-electron chi connectivity index (χ4n) is 2.02. The third kappa shape index (κ3) is 5.84. The van der Waals surface area contributed by atoms with Crippen LogP contribution in [-0.4, -0.2) is 48.7 Å². The number of ether oxygens (including phenoxy) is 3. The van der Waals surface area contributed by atoms with Crippen LogP contribution in [0.2, 0.25) is 0 Å². The summed E-state index contributed by atoms with van der Waals surface area (Å²) in [7, 11) is -4.03. The lowest BCUT2D eigenvalue weighted by Crippen LogP contribution is -2.17. The van der Waals surface area contributed by atoms with Gasteiger partial charge in [-0.3, -0.25) is 10.1 Å². The zero-order chi connectivity index (χ0) is 22.5. The zero-order valence-corrected chi connectivity index (χ0v) is 17.9. The van der Waals surface area contributed by atoms with E-state index >= 15 is 0 Å². The number of sulfone groups is 1. The van der Waals surface area contributed by atoms with Crippen LogP contribution in [0.4, 0.5) is 5.69 Å². The molecule has 158 valence electrons. The fourth-order valence-corrected chi connectivity index (χ4v) is 2.99. The van der Waals surface area contributed by atoms with Crippen molar-refractivity contribution in [1.29, 1.82) is 5.26 Å². The van der Waals surface area contributed by atoms with Crippen LogP contribution in [0.15, 0.2) is 27.8 Å². The number of carbonyl (C=O) groups is 1. The molecule has 1 aromatic heterocycles. The minimum absolute atomic E-state index is 0.0428. The van der Waals surface area contributed by atoms with Gasteiger partial charge in [-0.25, -0.2) is 13.2 Å². The molecule has 0 unspecified atom stereocenters. The van der Waals surface area contributed by atoms with Gasteiger partial charge in [0.1, 0.15) is 5.75 Å². The smallest absolute Gasteiger partial charge is 0.392 e. The summed E-state index contributed by atoms with van der Waals surface area (Å²) in [5.74, 6) is -2.44. The first kappa shape index (κ1) is 23.0. The third-order valence-electron chi connectivity index (χ3n) is 3.16. The SMILES string of the molecule is CCOC(=O)COc1nc(S(C)(=O)=O)nc(Oc2cc(Br)cc(C#N)c2)c1[N+](=O)[O-]. The number of hydrogen-bond acceptors (Lipinski definition) is 11. The van der Waals surface area contributed by atoms with Gasteiger partial charge in [0.15, 0.2) is 6.61 Å². The average molecular weight is 501 g/mol. The number of hydrogen-bond donors (Lipinski definition) is 0. The summed E-state index contributed by atoms with van der Waals surface area (Å²) >= 11 is 3.16. The number of benzene rings is 1. The summed E-state index contributed by atoms with van der Waals surface area (Å²) in [5.41, 5.74) is -0.747. The molecule has 0 saturated carbocycles. The number of carbonyl (C=O) groups excluding carboxylic acids is 1. The Morgan fingerprint density at radius 3 is 2.53 bits per heavy atom. The number of nitriles is 1. The van der Waals surface area contributed by atoms with E-state index < -0.39 is 49.9 Å². The molecule has 1 aromatic carbocycles. The summed E-state index contributed by atoms with van der Waals surface area (Å²) in [4.78, 5) is 29.3. The first-order valence-electron chi connectivity index (χ1n) is 7.98. The van der Waals surface area contributed by atoms with E-state index in [4.69, 9.17) is 14.7 Å². The van der Waals surface area contributed by atoms with Gasteiger partial charge in [0.2, 0.25) is 9.84 Å². The van der Waals surface area contributed by atoms with Gasteiger partial charge in [-0.15, -0.1) is 0 Å². The van der Waals surface area contributed by atoms with Crippen molar-refractivity contribution < 1.29 is 32.3 Å².